The van der Waals surface area contributed by atoms with Crippen LogP contribution in [0.5, 0.6) is 5.75 Å². The van der Waals surface area contributed by atoms with Crippen molar-refractivity contribution in [2.24, 2.45) is 0 Å². The lowest BCUT2D eigenvalue weighted by atomic mass is 10.2. The molecule has 4 nitrogen and oxygen atoms in total. The molecule has 1 aliphatic rings. The molecule has 1 aromatic carbocycles. The minimum atomic E-state index is -0.191. The largest absolute Gasteiger partial charge is 0.497 e. The highest BCUT2D eigenvalue weighted by Gasteiger charge is 2.19. The minimum Gasteiger partial charge on any atom is -0.497 e. The summed E-state index contributed by atoms with van der Waals surface area (Å²) >= 11 is 1.75. The maximum Gasteiger partial charge on any atom is 0.319 e. The van der Waals surface area contributed by atoms with Gasteiger partial charge in [-0.2, -0.15) is 0 Å². The van der Waals surface area contributed by atoms with E-state index in [4.69, 9.17) is 4.74 Å². The maximum absolute atomic E-state index is 11.2. The lowest BCUT2D eigenvalue weighted by Crippen LogP contribution is -2.27. The third-order valence-electron chi connectivity index (χ3n) is 2.81. The van der Waals surface area contributed by atoms with Crippen LogP contribution in [-0.4, -0.2) is 44.1 Å². The molecule has 102 valence electrons. The number of thioether (sulfide) groups is 1. The highest BCUT2D eigenvalue weighted by atomic mass is 32.2. The molecule has 1 heterocycles. The first-order valence-corrected chi connectivity index (χ1v) is 6.96. The molecule has 1 aromatic rings. The monoisotopic (exact) mass is 279 g/mol. The van der Waals surface area contributed by atoms with Crippen molar-refractivity contribution in [1.82, 2.24) is 4.90 Å². The van der Waals surface area contributed by atoms with Crippen molar-refractivity contribution in [3.05, 3.63) is 34.7 Å². The summed E-state index contributed by atoms with van der Waals surface area (Å²) in [6.45, 7) is 1.13. The molecule has 5 heteroatoms. The molecule has 1 aliphatic heterocycles. The Hall–Kier alpha value is -1.46. The molecule has 0 aromatic heterocycles. The highest BCUT2D eigenvalue weighted by Crippen LogP contribution is 2.28. The van der Waals surface area contributed by atoms with Crippen molar-refractivity contribution in [1.29, 1.82) is 0 Å². The van der Waals surface area contributed by atoms with E-state index in [1.54, 1.807) is 18.9 Å². The summed E-state index contributed by atoms with van der Waals surface area (Å²) < 4.78 is 9.87. The number of ether oxygens (including phenoxy) is 2. The maximum atomic E-state index is 11.2. The number of carbonyl (C=O) groups is 1. The molecule has 0 atom stereocenters. The smallest absolute Gasteiger partial charge is 0.319 e. The summed E-state index contributed by atoms with van der Waals surface area (Å²) in [5, 5.41) is 0. The summed E-state index contributed by atoms with van der Waals surface area (Å²) in [5.41, 5.74) is 1.11. The molecule has 1 saturated heterocycles. The fourth-order valence-corrected chi connectivity index (χ4v) is 2.86. The van der Waals surface area contributed by atoms with Crippen LogP contribution in [0.4, 0.5) is 0 Å². The number of rotatable bonds is 4. The highest BCUT2D eigenvalue weighted by molar-refractivity contribution is 8.03. The van der Waals surface area contributed by atoms with E-state index in [-0.39, 0.29) is 5.97 Å². The van der Waals surface area contributed by atoms with Gasteiger partial charge < -0.3 is 9.47 Å². The lowest BCUT2D eigenvalue weighted by Gasteiger charge is -2.10. The fourth-order valence-electron chi connectivity index (χ4n) is 1.84. The average Bonchev–Trinajstić information content (AvgIpc) is 2.86. The van der Waals surface area contributed by atoms with Crippen LogP contribution < -0.4 is 4.74 Å². The van der Waals surface area contributed by atoms with Gasteiger partial charge in [0.2, 0.25) is 0 Å². The second-order valence-corrected chi connectivity index (χ2v) is 5.30. The van der Waals surface area contributed by atoms with Gasteiger partial charge >= 0.3 is 5.97 Å². The average molecular weight is 279 g/mol. The van der Waals surface area contributed by atoms with Crippen LogP contribution in [0.1, 0.15) is 5.56 Å². The van der Waals surface area contributed by atoms with E-state index in [1.165, 1.54) is 12.0 Å². The van der Waals surface area contributed by atoms with Gasteiger partial charge in [-0.15, -0.1) is 11.8 Å². The van der Waals surface area contributed by atoms with Crippen molar-refractivity contribution in [3.8, 4) is 5.75 Å². The quantitative estimate of drug-likeness (QED) is 0.790. The second-order valence-electron chi connectivity index (χ2n) is 4.22. The summed E-state index contributed by atoms with van der Waals surface area (Å²) in [7, 11) is 3.08. The van der Waals surface area contributed by atoms with Gasteiger partial charge in [0, 0.05) is 17.3 Å². The molecule has 0 spiro atoms. The molecule has 0 unspecified atom stereocenters. The predicted octanol–water partition coefficient (Wildman–Crippen LogP) is 2.22. The summed E-state index contributed by atoms with van der Waals surface area (Å²) in [5.74, 6) is 1.48. The van der Waals surface area contributed by atoms with E-state index < -0.39 is 0 Å². The predicted molar refractivity (Wildman–Crippen MR) is 77.0 cm³/mol. The topological polar surface area (TPSA) is 38.8 Å². The van der Waals surface area contributed by atoms with Gasteiger partial charge in [0.1, 0.15) is 5.75 Å². The normalized spacial score (nSPS) is 17.7. The molecule has 0 N–H and O–H groups in total. The van der Waals surface area contributed by atoms with Gasteiger partial charge in [-0.1, -0.05) is 12.1 Å². The Labute approximate surface area is 117 Å². The summed E-state index contributed by atoms with van der Waals surface area (Å²) in [4.78, 5) is 14.5. The summed E-state index contributed by atoms with van der Waals surface area (Å²) in [6.07, 6.45) is 2.13. The van der Waals surface area contributed by atoms with E-state index in [0.717, 1.165) is 23.7 Å². The molecule has 2 rings (SSSR count). The number of esters is 1. The van der Waals surface area contributed by atoms with Gasteiger partial charge in [-0.05, 0) is 23.8 Å². The molecular weight excluding hydrogens is 262 g/mol. The molecule has 0 bridgehead atoms. The summed E-state index contributed by atoms with van der Waals surface area (Å²) in [6, 6.07) is 7.93. The van der Waals surface area contributed by atoms with E-state index in [0.29, 0.717) is 6.54 Å². The third kappa shape index (κ3) is 4.01. The molecule has 0 aliphatic carbocycles. The van der Waals surface area contributed by atoms with E-state index in [9.17, 15) is 4.79 Å². The lowest BCUT2D eigenvalue weighted by molar-refractivity contribution is -0.141. The Bertz CT molecular complexity index is 487. The van der Waals surface area contributed by atoms with Gasteiger partial charge in [-0.25, -0.2) is 0 Å². The number of carbonyl (C=O) groups excluding carboxylic acids is 1. The molecule has 0 radical (unpaired) electrons. The Morgan fingerprint density at radius 2 is 2.32 bits per heavy atom. The minimum absolute atomic E-state index is 0.191. The van der Waals surface area contributed by atoms with E-state index >= 15 is 0 Å². The van der Waals surface area contributed by atoms with Crippen molar-refractivity contribution in [2.45, 2.75) is 0 Å². The molecule has 0 saturated carbocycles. The van der Waals surface area contributed by atoms with Crippen LogP contribution >= 0.6 is 11.8 Å². The first kappa shape index (κ1) is 14.0. The number of methoxy groups -OCH3 is 2. The third-order valence-corrected chi connectivity index (χ3v) is 3.93. The van der Waals surface area contributed by atoms with E-state index in [2.05, 4.69) is 15.7 Å². The first-order valence-electron chi connectivity index (χ1n) is 5.98. The van der Waals surface area contributed by atoms with Crippen LogP contribution in [0.25, 0.3) is 6.08 Å². The number of nitrogens with zero attached hydrogens (tertiary/aromatic N) is 1. The Balaban J connectivity index is 1.99. The zero-order chi connectivity index (χ0) is 13.7. The Kier molecular flexibility index (Phi) is 4.87. The molecule has 19 heavy (non-hydrogen) atoms. The Morgan fingerprint density at radius 3 is 3.05 bits per heavy atom. The zero-order valence-electron chi connectivity index (χ0n) is 11.1. The molecule has 0 amide bonds. The van der Waals surface area contributed by atoms with Crippen molar-refractivity contribution < 1.29 is 14.3 Å². The van der Waals surface area contributed by atoms with E-state index in [1.807, 2.05) is 24.3 Å². The first-order chi connectivity index (χ1) is 9.21. The van der Waals surface area contributed by atoms with Crippen LogP contribution in [-0.2, 0) is 9.53 Å². The van der Waals surface area contributed by atoms with Crippen molar-refractivity contribution in [3.63, 3.8) is 0 Å². The van der Waals surface area contributed by atoms with Gasteiger partial charge in [0.25, 0.3) is 0 Å². The Morgan fingerprint density at radius 1 is 1.47 bits per heavy atom. The fraction of sp³-hybridized carbons (Fsp3) is 0.357. The van der Waals surface area contributed by atoms with Crippen LogP contribution in [0.3, 0.4) is 0 Å². The second kappa shape index (κ2) is 6.63. The van der Waals surface area contributed by atoms with Crippen molar-refractivity contribution >= 4 is 23.8 Å². The van der Waals surface area contributed by atoms with Gasteiger partial charge in [0.05, 0.1) is 20.8 Å². The van der Waals surface area contributed by atoms with Crippen LogP contribution in [0.2, 0.25) is 0 Å². The van der Waals surface area contributed by atoms with Crippen molar-refractivity contribution in [2.75, 3.05) is 33.2 Å². The van der Waals surface area contributed by atoms with Gasteiger partial charge in [0.15, 0.2) is 0 Å². The van der Waals surface area contributed by atoms with Crippen LogP contribution in [0.15, 0.2) is 29.2 Å². The standard InChI is InChI=1S/C14H17NO3S/c1-17-12-5-3-4-11(6-12)7-13-8-15(10-19-13)9-14(16)18-2/h3-7H,8-10H2,1-2H3. The molecule has 1 fully saturated rings. The molecular formula is C14H17NO3S. The number of benzene rings is 1. The van der Waals surface area contributed by atoms with Gasteiger partial charge in [-0.3, -0.25) is 9.69 Å². The number of hydrogen-bond acceptors (Lipinski definition) is 5. The zero-order valence-corrected chi connectivity index (χ0v) is 11.9. The SMILES string of the molecule is COC(=O)CN1CSC(=Cc2cccc(OC)c2)C1. The number of hydrogen-bond donors (Lipinski definition) is 0. The van der Waals surface area contributed by atoms with Crippen LogP contribution in [0, 0.1) is 0 Å².